The summed E-state index contributed by atoms with van der Waals surface area (Å²) in [5.41, 5.74) is 0. The molecule has 0 bridgehead atoms. The summed E-state index contributed by atoms with van der Waals surface area (Å²) in [4.78, 5) is 24.5. The van der Waals surface area contributed by atoms with Gasteiger partial charge in [-0.1, -0.05) is 9.61 Å². The topological polar surface area (TPSA) is 108 Å². The van der Waals surface area contributed by atoms with Crippen LogP contribution >= 0.6 is 0 Å². The van der Waals surface area contributed by atoms with E-state index in [0.717, 1.165) is 9.20 Å². The van der Waals surface area contributed by atoms with Crippen molar-refractivity contribution in [3.05, 3.63) is 16.4 Å². The SMILES string of the molecule is CC(=O)Cn1nc([N+](=O)[O-])n2ncnc12. The number of hydrogen-bond donors (Lipinski definition) is 0. The van der Waals surface area contributed by atoms with Gasteiger partial charge in [0.1, 0.15) is 6.54 Å². The third-order valence-corrected chi connectivity index (χ3v) is 1.70. The number of carbonyl (C=O) groups is 1. The van der Waals surface area contributed by atoms with Gasteiger partial charge < -0.3 is 10.1 Å². The van der Waals surface area contributed by atoms with Crippen molar-refractivity contribution in [1.29, 1.82) is 0 Å². The van der Waals surface area contributed by atoms with E-state index < -0.39 is 10.9 Å². The number of Topliss-reactive ketones (excluding diaryl/α,β-unsaturated/α-hetero) is 1. The molecule has 0 N–H and O–H groups in total. The molecule has 15 heavy (non-hydrogen) atoms. The van der Waals surface area contributed by atoms with Crippen LogP contribution in [0.25, 0.3) is 5.78 Å². The van der Waals surface area contributed by atoms with Crippen molar-refractivity contribution in [2.45, 2.75) is 13.5 Å². The quantitative estimate of drug-likeness (QED) is 0.495. The van der Waals surface area contributed by atoms with Gasteiger partial charge in [-0.05, 0) is 11.8 Å². The standard InChI is InChI=1S/C6H6N6O3/c1-4(13)2-10-5-7-3-8-11(5)6(9-10)12(14)15/h3H,2H2,1H3. The molecule has 0 amide bonds. The maximum Gasteiger partial charge on any atom is 0.482 e. The third kappa shape index (κ3) is 1.43. The first-order valence-corrected chi connectivity index (χ1v) is 4.00. The van der Waals surface area contributed by atoms with Gasteiger partial charge in [-0.25, -0.2) is 0 Å². The van der Waals surface area contributed by atoms with Crippen LogP contribution in [-0.2, 0) is 11.3 Å². The maximum atomic E-state index is 10.9. The molecule has 0 atom stereocenters. The van der Waals surface area contributed by atoms with Crippen LogP contribution in [0.2, 0.25) is 0 Å². The maximum absolute atomic E-state index is 10.9. The summed E-state index contributed by atoms with van der Waals surface area (Å²) < 4.78 is 2.12. The average molecular weight is 210 g/mol. The fourth-order valence-electron chi connectivity index (χ4n) is 1.18. The van der Waals surface area contributed by atoms with Gasteiger partial charge in [-0.2, -0.15) is 4.98 Å². The van der Waals surface area contributed by atoms with Crippen molar-refractivity contribution < 1.29 is 9.72 Å². The lowest BCUT2D eigenvalue weighted by Gasteiger charge is -1.88. The number of fused-ring (bicyclic) bond motifs is 1. The van der Waals surface area contributed by atoms with Gasteiger partial charge in [-0.15, -0.1) is 4.68 Å². The predicted molar refractivity (Wildman–Crippen MR) is 46.1 cm³/mol. The number of aromatic nitrogens is 5. The van der Waals surface area contributed by atoms with E-state index in [-0.39, 0.29) is 18.1 Å². The largest absolute Gasteiger partial charge is 0.482 e. The smallest absolute Gasteiger partial charge is 0.390 e. The third-order valence-electron chi connectivity index (χ3n) is 1.70. The van der Waals surface area contributed by atoms with Gasteiger partial charge in [0.15, 0.2) is 12.1 Å². The molecule has 0 aliphatic heterocycles. The zero-order valence-electron chi connectivity index (χ0n) is 7.69. The van der Waals surface area contributed by atoms with Crippen molar-refractivity contribution in [3.8, 4) is 0 Å². The molecule has 9 heteroatoms. The van der Waals surface area contributed by atoms with Crippen molar-refractivity contribution in [2.75, 3.05) is 0 Å². The fraction of sp³-hybridized carbons (Fsp3) is 0.333. The summed E-state index contributed by atoms with van der Waals surface area (Å²) in [6, 6.07) is 0. The Morgan fingerprint density at radius 2 is 2.40 bits per heavy atom. The second-order valence-corrected chi connectivity index (χ2v) is 2.89. The lowest BCUT2D eigenvalue weighted by molar-refractivity contribution is -0.396. The number of rotatable bonds is 3. The van der Waals surface area contributed by atoms with E-state index in [1.807, 2.05) is 0 Å². The predicted octanol–water partition coefficient (Wildman–Crippen LogP) is -0.577. The van der Waals surface area contributed by atoms with Gasteiger partial charge in [-0.3, -0.25) is 4.79 Å². The highest BCUT2D eigenvalue weighted by Gasteiger charge is 2.23. The summed E-state index contributed by atoms with van der Waals surface area (Å²) in [6.45, 7) is 1.30. The minimum absolute atomic E-state index is 0.0595. The van der Waals surface area contributed by atoms with Crippen LogP contribution in [-0.4, -0.2) is 35.1 Å². The second-order valence-electron chi connectivity index (χ2n) is 2.89. The van der Waals surface area contributed by atoms with Gasteiger partial charge in [0.2, 0.25) is 0 Å². The van der Waals surface area contributed by atoms with Crippen LogP contribution in [0, 0.1) is 10.1 Å². The average Bonchev–Trinajstić information content (AvgIpc) is 2.66. The molecule has 0 saturated heterocycles. The molecular formula is C6H6N6O3. The molecule has 2 heterocycles. The number of nitrogens with zero attached hydrogens (tertiary/aromatic N) is 6. The van der Waals surface area contributed by atoms with Crippen molar-refractivity contribution in [2.24, 2.45) is 0 Å². The van der Waals surface area contributed by atoms with Gasteiger partial charge in [0, 0.05) is 5.10 Å². The normalized spacial score (nSPS) is 10.7. The molecule has 0 fully saturated rings. The summed E-state index contributed by atoms with van der Waals surface area (Å²) in [5.74, 6) is -0.446. The Balaban J connectivity index is 2.60. The molecule has 2 aromatic rings. The number of hydrogen-bond acceptors (Lipinski definition) is 6. The molecule has 9 nitrogen and oxygen atoms in total. The van der Waals surface area contributed by atoms with Gasteiger partial charge in [0.05, 0.1) is 0 Å². The molecule has 0 unspecified atom stereocenters. The van der Waals surface area contributed by atoms with Gasteiger partial charge >= 0.3 is 11.7 Å². The van der Waals surface area contributed by atoms with Crippen LogP contribution in [0.1, 0.15) is 6.92 Å². The monoisotopic (exact) mass is 210 g/mol. The molecule has 0 radical (unpaired) electrons. The lowest BCUT2D eigenvalue weighted by atomic mass is 10.5. The molecular weight excluding hydrogens is 204 g/mol. The molecule has 2 rings (SSSR count). The molecule has 0 saturated carbocycles. The molecule has 2 aromatic heterocycles. The number of ketones is 1. The van der Waals surface area contributed by atoms with E-state index in [1.54, 1.807) is 0 Å². The summed E-state index contributed by atoms with van der Waals surface area (Å²) in [6.07, 6.45) is 1.17. The fourth-order valence-corrected chi connectivity index (χ4v) is 1.18. The van der Waals surface area contributed by atoms with E-state index in [2.05, 4.69) is 15.2 Å². The highest BCUT2D eigenvalue weighted by Crippen LogP contribution is 2.09. The van der Waals surface area contributed by atoms with Gasteiger partial charge in [0.25, 0.3) is 0 Å². The van der Waals surface area contributed by atoms with E-state index in [4.69, 9.17) is 0 Å². The Bertz CT molecular complexity index is 540. The van der Waals surface area contributed by atoms with Crippen molar-refractivity contribution >= 4 is 17.5 Å². The minimum Gasteiger partial charge on any atom is -0.390 e. The highest BCUT2D eigenvalue weighted by atomic mass is 16.6. The van der Waals surface area contributed by atoms with Crippen LogP contribution < -0.4 is 0 Å². The number of nitro groups is 1. The molecule has 0 aliphatic rings. The van der Waals surface area contributed by atoms with Crippen LogP contribution in [0.3, 0.4) is 0 Å². The number of carbonyl (C=O) groups excluding carboxylic acids is 1. The van der Waals surface area contributed by atoms with Crippen LogP contribution in [0.4, 0.5) is 5.95 Å². The first kappa shape index (κ1) is 9.24. The Labute approximate surface area is 82.5 Å². The van der Waals surface area contributed by atoms with E-state index in [0.29, 0.717) is 0 Å². The van der Waals surface area contributed by atoms with Crippen molar-refractivity contribution in [3.63, 3.8) is 0 Å². The van der Waals surface area contributed by atoms with E-state index in [1.165, 1.54) is 13.3 Å². The molecule has 0 spiro atoms. The zero-order chi connectivity index (χ0) is 11.0. The van der Waals surface area contributed by atoms with Crippen molar-refractivity contribution in [1.82, 2.24) is 24.4 Å². The highest BCUT2D eigenvalue weighted by molar-refractivity contribution is 5.75. The van der Waals surface area contributed by atoms with Crippen LogP contribution in [0.5, 0.6) is 0 Å². The first-order chi connectivity index (χ1) is 7.09. The summed E-state index contributed by atoms with van der Waals surface area (Å²) in [7, 11) is 0. The van der Waals surface area contributed by atoms with Crippen LogP contribution in [0.15, 0.2) is 6.33 Å². The lowest BCUT2D eigenvalue weighted by Crippen LogP contribution is -2.08. The second kappa shape index (κ2) is 3.12. The minimum atomic E-state index is -0.682. The Hall–Kier alpha value is -2.32. The summed E-state index contributed by atoms with van der Waals surface area (Å²) >= 11 is 0. The van der Waals surface area contributed by atoms with E-state index in [9.17, 15) is 14.9 Å². The Morgan fingerprint density at radius 3 is 3.00 bits per heavy atom. The Morgan fingerprint density at radius 1 is 1.67 bits per heavy atom. The first-order valence-electron chi connectivity index (χ1n) is 4.00. The molecule has 0 aromatic carbocycles. The molecule has 78 valence electrons. The summed E-state index contributed by atoms with van der Waals surface area (Å²) in [5, 5.41) is 17.8. The Kier molecular flexibility index (Phi) is 1.92. The van der Waals surface area contributed by atoms with E-state index >= 15 is 0 Å². The molecule has 0 aliphatic carbocycles. The zero-order valence-corrected chi connectivity index (χ0v) is 7.69.